The molecule has 0 unspecified atom stereocenters. The van der Waals surface area contributed by atoms with Gasteiger partial charge in [0.1, 0.15) is 16.1 Å². The number of aryl methyl sites for hydroxylation is 2. The van der Waals surface area contributed by atoms with E-state index in [4.69, 9.17) is 9.26 Å². The van der Waals surface area contributed by atoms with Gasteiger partial charge < -0.3 is 9.26 Å². The van der Waals surface area contributed by atoms with E-state index in [1.165, 1.54) is 0 Å². The van der Waals surface area contributed by atoms with Gasteiger partial charge in [-0.15, -0.1) is 10.2 Å². The minimum absolute atomic E-state index is 0.420. The maximum Gasteiger partial charge on any atom is 0.233 e. The topological polar surface area (TPSA) is 61.0 Å². The average molecular weight is 373 g/mol. The molecule has 0 radical (unpaired) electrons. The molecule has 0 spiro atoms. The van der Waals surface area contributed by atoms with Crippen LogP contribution in [0.1, 0.15) is 36.8 Å². The number of hydrogen-bond acceptors (Lipinski definition) is 5. The molecule has 2 aromatic heterocycles. The van der Waals surface area contributed by atoms with E-state index in [1.807, 2.05) is 19.1 Å². The number of hydrogen-bond donors (Lipinski definition) is 0. The normalized spacial score (nSPS) is 10.7. The molecule has 0 amide bonds. The summed E-state index contributed by atoms with van der Waals surface area (Å²) >= 11 is 2.11. The van der Waals surface area contributed by atoms with E-state index in [0.717, 1.165) is 40.0 Å². The van der Waals surface area contributed by atoms with Gasteiger partial charge in [-0.25, -0.2) is 0 Å². The van der Waals surface area contributed by atoms with E-state index in [0.29, 0.717) is 12.5 Å². The lowest BCUT2D eigenvalue weighted by Crippen LogP contribution is -2.02. The Hall–Kier alpha value is -1.18. The number of halogens is 1. The third kappa shape index (κ3) is 3.89. The van der Waals surface area contributed by atoms with Gasteiger partial charge in [0, 0.05) is 6.07 Å². The van der Waals surface area contributed by atoms with Crippen molar-refractivity contribution in [1.29, 1.82) is 0 Å². The van der Waals surface area contributed by atoms with Crippen LogP contribution in [0, 0.1) is 10.6 Å². The number of ether oxygens (including phenoxy) is 1. The molecule has 2 heterocycles. The summed E-state index contributed by atoms with van der Waals surface area (Å²) in [6.07, 6.45) is 3.15. The fourth-order valence-electron chi connectivity index (χ4n) is 1.69. The van der Waals surface area contributed by atoms with Gasteiger partial charge in [-0.1, -0.05) is 18.5 Å². The number of rotatable bonds is 6. The highest BCUT2D eigenvalue weighted by Gasteiger charge is 2.13. The van der Waals surface area contributed by atoms with Crippen LogP contribution in [-0.4, -0.2) is 15.4 Å². The standard InChI is InChI=1S/C13H16IN3O2/c1-3-4-5-11-10(9(2)19-17-11)8-18-13-7-6-12(14)15-16-13/h6-7H,3-5,8H2,1-2H3. The zero-order chi connectivity index (χ0) is 13.7. The Labute approximate surface area is 125 Å². The van der Waals surface area contributed by atoms with Crippen LogP contribution in [0.4, 0.5) is 0 Å². The molecule has 19 heavy (non-hydrogen) atoms. The molecule has 102 valence electrons. The minimum Gasteiger partial charge on any atom is -0.472 e. The van der Waals surface area contributed by atoms with E-state index in [2.05, 4.69) is 44.9 Å². The van der Waals surface area contributed by atoms with Crippen molar-refractivity contribution in [2.24, 2.45) is 0 Å². The lowest BCUT2D eigenvalue weighted by molar-refractivity contribution is 0.286. The summed E-state index contributed by atoms with van der Waals surface area (Å²) in [5.74, 6) is 1.33. The Balaban J connectivity index is 2.02. The molecule has 5 nitrogen and oxygen atoms in total. The quantitative estimate of drug-likeness (QED) is 0.728. The minimum atomic E-state index is 0.420. The van der Waals surface area contributed by atoms with E-state index in [9.17, 15) is 0 Å². The van der Waals surface area contributed by atoms with Gasteiger partial charge >= 0.3 is 0 Å². The van der Waals surface area contributed by atoms with Crippen LogP contribution in [0.25, 0.3) is 0 Å². The molecule has 2 aromatic rings. The molecular weight excluding hydrogens is 357 g/mol. The van der Waals surface area contributed by atoms with Gasteiger partial charge in [0.15, 0.2) is 0 Å². The molecule has 0 aliphatic carbocycles. The van der Waals surface area contributed by atoms with Gasteiger partial charge in [-0.2, -0.15) is 0 Å². The summed E-state index contributed by atoms with van der Waals surface area (Å²) in [7, 11) is 0. The monoisotopic (exact) mass is 373 g/mol. The van der Waals surface area contributed by atoms with Crippen molar-refractivity contribution in [3.05, 3.63) is 32.9 Å². The van der Waals surface area contributed by atoms with Crippen molar-refractivity contribution >= 4 is 22.6 Å². The van der Waals surface area contributed by atoms with E-state index >= 15 is 0 Å². The summed E-state index contributed by atoms with van der Waals surface area (Å²) in [6, 6.07) is 3.67. The Morgan fingerprint density at radius 2 is 2.16 bits per heavy atom. The van der Waals surface area contributed by atoms with Crippen LogP contribution in [0.15, 0.2) is 16.7 Å². The first-order valence-corrected chi connectivity index (χ1v) is 7.34. The highest BCUT2D eigenvalue weighted by molar-refractivity contribution is 14.1. The fraction of sp³-hybridized carbons (Fsp3) is 0.462. The first-order valence-electron chi connectivity index (χ1n) is 6.26. The maximum absolute atomic E-state index is 5.63. The fourth-order valence-corrected chi connectivity index (χ4v) is 1.98. The van der Waals surface area contributed by atoms with Gasteiger partial charge in [0.25, 0.3) is 0 Å². The largest absolute Gasteiger partial charge is 0.472 e. The second-order valence-electron chi connectivity index (χ2n) is 4.25. The van der Waals surface area contributed by atoms with Gasteiger partial charge in [0.05, 0.1) is 11.3 Å². The van der Waals surface area contributed by atoms with Gasteiger partial charge in [-0.3, -0.25) is 0 Å². The molecule has 0 aliphatic rings. The third-order valence-electron chi connectivity index (χ3n) is 2.81. The zero-order valence-corrected chi connectivity index (χ0v) is 13.2. The number of unbranched alkanes of at least 4 members (excludes halogenated alkanes) is 1. The molecule has 2 rings (SSSR count). The summed E-state index contributed by atoms with van der Waals surface area (Å²) in [5.41, 5.74) is 2.01. The van der Waals surface area contributed by atoms with Crippen LogP contribution in [-0.2, 0) is 13.0 Å². The van der Waals surface area contributed by atoms with Crippen LogP contribution >= 0.6 is 22.6 Å². The van der Waals surface area contributed by atoms with E-state index < -0.39 is 0 Å². The van der Waals surface area contributed by atoms with Crippen LogP contribution < -0.4 is 4.74 Å². The summed E-state index contributed by atoms with van der Waals surface area (Å²) in [5, 5.41) is 12.0. The Morgan fingerprint density at radius 1 is 1.32 bits per heavy atom. The van der Waals surface area contributed by atoms with Crippen LogP contribution in [0.3, 0.4) is 0 Å². The Morgan fingerprint density at radius 3 is 2.84 bits per heavy atom. The smallest absolute Gasteiger partial charge is 0.233 e. The maximum atomic E-state index is 5.63. The van der Waals surface area contributed by atoms with Crippen LogP contribution in [0.2, 0.25) is 0 Å². The van der Waals surface area contributed by atoms with Crippen molar-refractivity contribution in [3.63, 3.8) is 0 Å². The molecule has 0 fully saturated rings. The lowest BCUT2D eigenvalue weighted by Gasteiger charge is -2.05. The molecule has 0 N–H and O–H groups in total. The van der Waals surface area contributed by atoms with Crippen LogP contribution in [0.5, 0.6) is 5.88 Å². The molecule has 0 atom stereocenters. The average Bonchev–Trinajstić information content (AvgIpc) is 2.76. The van der Waals surface area contributed by atoms with E-state index in [-0.39, 0.29) is 0 Å². The molecule has 0 aliphatic heterocycles. The SMILES string of the molecule is CCCCc1noc(C)c1COc1ccc(I)nn1. The molecule has 0 saturated carbocycles. The van der Waals surface area contributed by atoms with Crippen molar-refractivity contribution in [3.8, 4) is 5.88 Å². The second kappa shape index (κ2) is 6.83. The molecule has 0 bridgehead atoms. The van der Waals surface area contributed by atoms with Crippen molar-refractivity contribution < 1.29 is 9.26 Å². The summed E-state index contributed by atoms with van der Waals surface area (Å²) in [4.78, 5) is 0. The van der Waals surface area contributed by atoms with Crippen molar-refractivity contribution in [2.75, 3.05) is 0 Å². The first kappa shape index (κ1) is 14.2. The highest BCUT2D eigenvalue weighted by atomic mass is 127. The predicted octanol–water partition coefficient (Wildman–Crippen LogP) is 3.30. The van der Waals surface area contributed by atoms with Gasteiger partial charge in [0.2, 0.25) is 5.88 Å². The Kier molecular flexibility index (Phi) is 5.12. The van der Waals surface area contributed by atoms with Crippen molar-refractivity contribution in [1.82, 2.24) is 15.4 Å². The third-order valence-corrected chi connectivity index (χ3v) is 3.38. The Bertz CT molecular complexity index is 525. The van der Waals surface area contributed by atoms with Crippen molar-refractivity contribution in [2.45, 2.75) is 39.7 Å². The molecular formula is C13H16IN3O2. The zero-order valence-electron chi connectivity index (χ0n) is 11.0. The second-order valence-corrected chi connectivity index (χ2v) is 5.36. The summed E-state index contributed by atoms with van der Waals surface area (Å²) < 4.78 is 11.7. The molecule has 6 heteroatoms. The lowest BCUT2D eigenvalue weighted by atomic mass is 10.1. The summed E-state index contributed by atoms with van der Waals surface area (Å²) in [6.45, 7) is 4.48. The first-order chi connectivity index (χ1) is 9.20. The highest BCUT2D eigenvalue weighted by Crippen LogP contribution is 2.18. The molecule has 0 saturated heterocycles. The van der Waals surface area contributed by atoms with E-state index in [1.54, 1.807) is 0 Å². The van der Waals surface area contributed by atoms with Gasteiger partial charge in [-0.05, 0) is 48.4 Å². The molecule has 0 aromatic carbocycles. The predicted molar refractivity (Wildman–Crippen MR) is 78.9 cm³/mol. The number of nitrogens with zero attached hydrogens (tertiary/aromatic N) is 3. The number of aromatic nitrogens is 3.